The normalized spacial score (nSPS) is 14.5. The Labute approximate surface area is 222 Å². The topological polar surface area (TPSA) is 87.7 Å². The van der Waals surface area contributed by atoms with Crippen LogP contribution in [0.15, 0.2) is 47.4 Å². The van der Waals surface area contributed by atoms with Crippen molar-refractivity contribution in [2.24, 2.45) is 0 Å². The van der Waals surface area contributed by atoms with Gasteiger partial charge in [0.2, 0.25) is 15.9 Å². The molecule has 11 heteroatoms. The molecule has 1 aliphatic carbocycles. The molecule has 0 aliphatic heterocycles. The summed E-state index contributed by atoms with van der Waals surface area (Å²) in [5.41, 5.74) is 0.579. The maximum atomic E-state index is 13.0. The predicted molar refractivity (Wildman–Crippen MR) is 144 cm³/mol. The molecule has 2 aromatic rings. The Morgan fingerprint density at radius 2 is 1.80 bits per heavy atom. The first kappa shape index (κ1) is 27.7. The average Bonchev–Trinajstić information content (AvgIpc) is 2.83. The van der Waals surface area contributed by atoms with Crippen LogP contribution in [-0.2, 0) is 14.8 Å². The summed E-state index contributed by atoms with van der Waals surface area (Å²) < 4.78 is 33.0. The third kappa shape index (κ3) is 8.05. The fraction of sp³-hybridized carbons (Fsp3) is 0.417. The van der Waals surface area contributed by atoms with Crippen LogP contribution < -0.4 is 15.4 Å². The molecule has 190 valence electrons. The molecular weight excluding hydrogens is 529 g/mol. The van der Waals surface area contributed by atoms with E-state index in [-0.39, 0.29) is 28.4 Å². The summed E-state index contributed by atoms with van der Waals surface area (Å²) in [6, 6.07) is 11.3. The molecule has 0 saturated heterocycles. The lowest BCUT2D eigenvalue weighted by atomic mass is 9.96. The first-order valence-electron chi connectivity index (χ1n) is 11.4. The van der Waals surface area contributed by atoms with Crippen LogP contribution in [0.3, 0.4) is 0 Å². The van der Waals surface area contributed by atoms with E-state index in [1.54, 1.807) is 49.5 Å². The summed E-state index contributed by atoms with van der Waals surface area (Å²) in [6.07, 6.45) is 5.73. The molecule has 7 nitrogen and oxygen atoms in total. The first-order chi connectivity index (χ1) is 16.7. The SMILES string of the molecule is CN(C1CCCCC1)S(=O)(=O)c1ccc(NC(=S)NC(=O)CCCOc2ccc(Cl)cc2Cl)cc1. The van der Waals surface area contributed by atoms with Gasteiger partial charge in [-0.25, -0.2) is 8.42 Å². The zero-order chi connectivity index (χ0) is 25.4. The summed E-state index contributed by atoms with van der Waals surface area (Å²) in [4.78, 5) is 12.4. The zero-order valence-electron chi connectivity index (χ0n) is 19.4. The van der Waals surface area contributed by atoms with E-state index in [1.165, 1.54) is 4.31 Å². The number of hydrogen-bond donors (Lipinski definition) is 2. The molecule has 2 aromatic carbocycles. The van der Waals surface area contributed by atoms with Crippen LogP contribution in [0.4, 0.5) is 5.69 Å². The van der Waals surface area contributed by atoms with Crippen LogP contribution >= 0.6 is 35.4 Å². The van der Waals surface area contributed by atoms with Crippen LogP contribution in [-0.4, -0.2) is 43.4 Å². The van der Waals surface area contributed by atoms with E-state index in [0.29, 0.717) is 34.5 Å². The van der Waals surface area contributed by atoms with Crippen molar-refractivity contribution >= 4 is 62.2 Å². The maximum absolute atomic E-state index is 13.0. The largest absolute Gasteiger partial charge is 0.492 e. The van der Waals surface area contributed by atoms with Gasteiger partial charge in [-0.3, -0.25) is 4.79 Å². The zero-order valence-corrected chi connectivity index (χ0v) is 22.6. The Bertz CT molecular complexity index is 1140. The summed E-state index contributed by atoms with van der Waals surface area (Å²) in [6.45, 7) is 0.306. The van der Waals surface area contributed by atoms with Gasteiger partial charge in [-0.05, 0) is 73.9 Å². The lowest BCUT2D eigenvalue weighted by Gasteiger charge is -2.30. The Morgan fingerprint density at radius 3 is 2.46 bits per heavy atom. The van der Waals surface area contributed by atoms with Gasteiger partial charge >= 0.3 is 0 Å². The smallest absolute Gasteiger partial charge is 0.243 e. The molecule has 3 rings (SSSR count). The summed E-state index contributed by atoms with van der Waals surface area (Å²) in [5, 5.41) is 6.57. The summed E-state index contributed by atoms with van der Waals surface area (Å²) >= 11 is 17.1. The molecule has 35 heavy (non-hydrogen) atoms. The maximum Gasteiger partial charge on any atom is 0.243 e. The monoisotopic (exact) mass is 557 g/mol. The molecule has 2 N–H and O–H groups in total. The second-order valence-electron chi connectivity index (χ2n) is 8.37. The van der Waals surface area contributed by atoms with Crippen LogP contribution in [0.2, 0.25) is 10.0 Å². The molecule has 1 aliphatic rings. The third-order valence-electron chi connectivity index (χ3n) is 5.83. The number of benzene rings is 2. The molecular formula is C24H29Cl2N3O4S2. The lowest BCUT2D eigenvalue weighted by Crippen LogP contribution is -2.38. The Hall–Kier alpha value is -1.91. The number of thiocarbonyl (C=S) groups is 1. The van der Waals surface area contributed by atoms with Gasteiger partial charge in [-0.1, -0.05) is 42.5 Å². The van der Waals surface area contributed by atoms with Crippen molar-refractivity contribution < 1.29 is 17.9 Å². The quantitative estimate of drug-likeness (QED) is 0.307. The number of carbonyl (C=O) groups is 1. The molecule has 0 aromatic heterocycles. The number of ether oxygens (including phenoxy) is 1. The Morgan fingerprint density at radius 1 is 1.11 bits per heavy atom. The fourth-order valence-corrected chi connectivity index (χ4v) is 5.99. The van der Waals surface area contributed by atoms with Crippen molar-refractivity contribution in [3.63, 3.8) is 0 Å². The van der Waals surface area contributed by atoms with Gasteiger partial charge in [0.25, 0.3) is 0 Å². The van der Waals surface area contributed by atoms with E-state index in [9.17, 15) is 13.2 Å². The molecule has 0 atom stereocenters. The third-order valence-corrected chi connectivity index (χ3v) is 8.49. The highest BCUT2D eigenvalue weighted by molar-refractivity contribution is 7.89. The molecule has 1 fully saturated rings. The standard InChI is InChI=1S/C24H29Cl2N3O4S2/c1-29(19-6-3-2-4-7-19)35(31,32)20-12-10-18(11-13-20)27-24(34)28-23(30)8-5-15-33-22-14-9-17(25)16-21(22)26/h9-14,16,19H,2-8,15H2,1H3,(H2,27,28,30,34). The lowest BCUT2D eigenvalue weighted by molar-refractivity contribution is -0.119. The van der Waals surface area contributed by atoms with E-state index in [1.807, 2.05) is 0 Å². The molecule has 0 unspecified atom stereocenters. The van der Waals surface area contributed by atoms with E-state index in [4.69, 9.17) is 40.2 Å². The van der Waals surface area contributed by atoms with Gasteiger partial charge < -0.3 is 15.4 Å². The van der Waals surface area contributed by atoms with Crippen molar-refractivity contribution in [2.75, 3.05) is 19.0 Å². The van der Waals surface area contributed by atoms with Gasteiger partial charge in [-0.2, -0.15) is 4.31 Å². The minimum absolute atomic E-state index is 0.0444. The van der Waals surface area contributed by atoms with Crippen molar-refractivity contribution in [3.05, 3.63) is 52.5 Å². The number of hydrogen-bond acceptors (Lipinski definition) is 5. The van der Waals surface area contributed by atoms with Crippen molar-refractivity contribution in [2.45, 2.75) is 55.9 Å². The fourth-order valence-electron chi connectivity index (χ4n) is 3.88. The average molecular weight is 559 g/mol. The second-order valence-corrected chi connectivity index (χ2v) is 11.6. The van der Waals surface area contributed by atoms with Gasteiger partial charge in [0.15, 0.2) is 5.11 Å². The Kier molecular flexibility index (Phi) is 10.2. The van der Waals surface area contributed by atoms with E-state index < -0.39 is 10.0 Å². The van der Waals surface area contributed by atoms with E-state index >= 15 is 0 Å². The van der Waals surface area contributed by atoms with Crippen molar-refractivity contribution in [1.82, 2.24) is 9.62 Å². The van der Waals surface area contributed by atoms with Gasteiger partial charge in [0.05, 0.1) is 16.5 Å². The molecule has 0 bridgehead atoms. The molecule has 0 radical (unpaired) electrons. The molecule has 0 spiro atoms. The Balaban J connectivity index is 1.43. The number of halogens is 2. The van der Waals surface area contributed by atoms with E-state index in [2.05, 4.69) is 10.6 Å². The van der Waals surface area contributed by atoms with Crippen LogP contribution in [0.5, 0.6) is 5.75 Å². The minimum Gasteiger partial charge on any atom is -0.492 e. The number of carbonyl (C=O) groups excluding carboxylic acids is 1. The number of sulfonamides is 1. The predicted octanol–water partition coefficient (Wildman–Crippen LogP) is 5.62. The number of anilines is 1. The van der Waals surface area contributed by atoms with Crippen LogP contribution in [0.25, 0.3) is 0 Å². The number of nitrogens with one attached hydrogen (secondary N) is 2. The highest BCUT2D eigenvalue weighted by Gasteiger charge is 2.28. The summed E-state index contributed by atoms with van der Waals surface area (Å²) in [5.74, 6) is 0.241. The highest BCUT2D eigenvalue weighted by Crippen LogP contribution is 2.28. The molecule has 0 heterocycles. The summed E-state index contributed by atoms with van der Waals surface area (Å²) in [7, 11) is -1.91. The first-order valence-corrected chi connectivity index (χ1v) is 14.0. The number of nitrogens with zero attached hydrogens (tertiary/aromatic N) is 1. The number of amides is 1. The molecule has 1 saturated carbocycles. The van der Waals surface area contributed by atoms with Crippen molar-refractivity contribution in [1.29, 1.82) is 0 Å². The van der Waals surface area contributed by atoms with Crippen LogP contribution in [0, 0.1) is 0 Å². The molecule has 1 amide bonds. The van der Waals surface area contributed by atoms with Gasteiger partial charge in [-0.15, -0.1) is 0 Å². The van der Waals surface area contributed by atoms with E-state index in [0.717, 1.165) is 32.1 Å². The van der Waals surface area contributed by atoms with Gasteiger partial charge in [0, 0.05) is 30.2 Å². The highest BCUT2D eigenvalue weighted by atomic mass is 35.5. The minimum atomic E-state index is -3.56. The van der Waals surface area contributed by atoms with Gasteiger partial charge in [0.1, 0.15) is 5.75 Å². The van der Waals surface area contributed by atoms with Crippen LogP contribution in [0.1, 0.15) is 44.9 Å². The van der Waals surface area contributed by atoms with Crippen molar-refractivity contribution in [3.8, 4) is 5.75 Å². The second kappa shape index (κ2) is 12.9. The number of rotatable bonds is 9.